The van der Waals surface area contributed by atoms with Crippen LogP contribution < -0.4 is 0 Å². The molecule has 5 heteroatoms. The van der Waals surface area contributed by atoms with Crippen molar-refractivity contribution in [1.82, 2.24) is 4.98 Å². The predicted octanol–water partition coefficient (Wildman–Crippen LogP) is 4.74. The predicted molar refractivity (Wildman–Crippen MR) is 74.6 cm³/mol. The molecule has 0 aromatic carbocycles. The van der Waals surface area contributed by atoms with E-state index in [2.05, 4.69) is 4.98 Å². The molecule has 1 aliphatic carbocycles. The maximum atomic E-state index is 13.1. The SMILES string of the molecule is CC(C)CC1(C(O)c2cnccc2C(F)(F)F)CCCC1. The molecule has 1 aliphatic rings. The van der Waals surface area contributed by atoms with Crippen LogP contribution in [0, 0.1) is 11.3 Å². The van der Waals surface area contributed by atoms with Gasteiger partial charge >= 0.3 is 6.18 Å². The molecule has 0 radical (unpaired) electrons. The van der Waals surface area contributed by atoms with Gasteiger partial charge in [-0.05, 0) is 31.2 Å². The lowest BCUT2D eigenvalue weighted by atomic mass is 9.71. The lowest BCUT2D eigenvalue weighted by Gasteiger charge is -2.37. The minimum Gasteiger partial charge on any atom is -0.388 e. The number of hydrogen-bond donors (Lipinski definition) is 1. The average molecular weight is 301 g/mol. The summed E-state index contributed by atoms with van der Waals surface area (Å²) in [6.45, 7) is 4.08. The van der Waals surface area contributed by atoms with Gasteiger partial charge in [0.15, 0.2) is 0 Å². The zero-order valence-corrected chi connectivity index (χ0v) is 12.5. The van der Waals surface area contributed by atoms with Crippen molar-refractivity contribution in [1.29, 1.82) is 0 Å². The molecule has 2 nitrogen and oxygen atoms in total. The van der Waals surface area contributed by atoms with Crippen molar-refractivity contribution in [3.63, 3.8) is 0 Å². The second-order valence-corrected chi connectivity index (χ2v) is 6.53. The maximum absolute atomic E-state index is 13.1. The average Bonchev–Trinajstić information content (AvgIpc) is 2.85. The normalized spacial score (nSPS) is 20.0. The summed E-state index contributed by atoms with van der Waals surface area (Å²) in [6.07, 6.45) is 0.953. The van der Waals surface area contributed by atoms with Crippen molar-refractivity contribution >= 4 is 0 Å². The van der Waals surface area contributed by atoms with Gasteiger partial charge in [-0.3, -0.25) is 4.98 Å². The molecule has 1 aromatic heterocycles. The van der Waals surface area contributed by atoms with Crippen LogP contribution in [0.4, 0.5) is 13.2 Å². The van der Waals surface area contributed by atoms with Crippen molar-refractivity contribution in [3.8, 4) is 0 Å². The molecule has 1 unspecified atom stereocenters. The number of aliphatic hydroxyl groups excluding tert-OH is 1. The molecule has 1 aromatic rings. The first-order chi connectivity index (χ1) is 9.76. The summed E-state index contributed by atoms with van der Waals surface area (Å²) in [5, 5.41) is 10.7. The van der Waals surface area contributed by atoms with Gasteiger partial charge in [0, 0.05) is 23.4 Å². The molecule has 1 fully saturated rings. The van der Waals surface area contributed by atoms with E-state index in [-0.39, 0.29) is 5.56 Å². The fourth-order valence-corrected chi connectivity index (χ4v) is 3.69. The molecule has 0 amide bonds. The number of aromatic nitrogens is 1. The molecule has 21 heavy (non-hydrogen) atoms. The van der Waals surface area contributed by atoms with Crippen LogP contribution >= 0.6 is 0 Å². The summed E-state index contributed by atoms with van der Waals surface area (Å²) in [4.78, 5) is 3.80. The number of pyridine rings is 1. The Morgan fingerprint density at radius 2 is 1.90 bits per heavy atom. The second-order valence-electron chi connectivity index (χ2n) is 6.53. The molecule has 0 bridgehead atoms. The first-order valence-electron chi connectivity index (χ1n) is 7.45. The Morgan fingerprint density at radius 3 is 2.43 bits per heavy atom. The first-order valence-corrected chi connectivity index (χ1v) is 7.45. The zero-order valence-electron chi connectivity index (χ0n) is 12.5. The molecule has 0 spiro atoms. The van der Waals surface area contributed by atoms with Crippen molar-refractivity contribution in [2.75, 3.05) is 0 Å². The van der Waals surface area contributed by atoms with Gasteiger partial charge in [-0.2, -0.15) is 13.2 Å². The molecule has 2 rings (SSSR count). The summed E-state index contributed by atoms with van der Waals surface area (Å²) >= 11 is 0. The summed E-state index contributed by atoms with van der Waals surface area (Å²) in [7, 11) is 0. The Bertz CT molecular complexity index is 479. The summed E-state index contributed by atoms with van der Waals surface area (Å²) in [6, 6.07) is 0.955. The smallest absolute Gasteiger partial charge is 0.388 e. The summed E-state index contributed by atoms with van der Waals surface area (Å²) in [5.74, 6) is 0.337. The molecular weight excluding hydrogens is 279 g/mol. The molecular formula is C16H22F3NO. The van der Waals surface area contributed by atoms with Crippen LogP contribution in [0.5, 0.6) is 0 Å². The number of alkyl halides is 3. The fraction of sp³-hybridized carbons (Fsp3) is 0.688. The van der Waals surface area contributed by atoms with Crippen LogP contribution in [0.1, 0.15) is 63.2 Å². The van der Waals surface area contributed by atoms with E-state index in [9.17, 15) is 18.3 Å². The lowest BCUT2D eigenvalue weighted by Crippen LogP contribution is -2.29. The van der Waals surface area contributed by atoms with E-state index >= 15 is 0 Å². The highest BCUT2D eigenvalue weighted by molar-refractivity contribution is 5.30. The molecule has 118 valence electrons. The Labute approximate surface area is 123 Å². The quantitative estimate of drug-likeness (QED) is 0.871. The Hall–Kier alpha value is -1.10. The van der Waals surface area contributed by atoms with E-state index in [4.69, 9.17) is 0 Å². The van der Waals surface area contributed by atoms with Crippen LogP contribution in [0.3, 0.4) is 0 Å². The minimum atomic E-state index is -4.46. The molecule has 0 aliphatic heterocycles. The van der Waals surface area contributed by atoms with Gasteiger partial charge < -0.3 is 5.11 Å². The molecule has 0 saturated heterocycles. The monoisotopic (exact) mass is 301 g/mol. The van der Waals surface area contributed by atoms with Crippen molar-refractivity contribution in [3.05, 3.63) is 29.6 Å². The van der Waals surface area contributed by atoms with E-state index in [1.54, 1.807) is 0 Å². The molecule has 1 atom stereocenters. The highest BCUT2D eigenvalue weighted by Gasteiger charge is 2.45. The zero-order chi connectivity index (χ0) is 15.7. The van der Waals surface area contributed by atoms with E-state index in [1.807, 2.05) is 13.8 Å². The van der Waals surface area contributed by atoms with Gasteiger partial charge in [-0.15, -0.1) is 0 Å². The molecule has 1 saturated carbocycles. The van der Waals surface area contributed by atoms with Gasteiger partial charge in [0.05, 0.1) is 11.7 Å². The van der Waals surface area contributed by atoms with Gasteiger partial charge in [0.25, 0.3) is 0 Å². The first kappa shape index (κ1) is 16.3. The number of aliphatic hydroxyl groups is 1. The molecule has 1 N–H and O–H groups in total. The van der Waals surface area contributed by atoms with Gasteiger partial charge in [-0.1, -0.05) is 26.7 Å². The fourth-order valence-electron chi connectivity index (χ4n) is 3.69. The third kappa shape index (κ3) is 3.39. The van der Waals surface area contributed by atoms with E-state index in [0.29, 0.717) is 5.92 Å². The van der Waals surface area contributed by atoms with Crippen molar-refractivity contribution in [2.45, 2.75) is 58.2 Å². The van der Waals surface area contributed by atoms with Crippen molar-refractivity contribution in [2.24, 2.45) is 11.3 Å². The number of halogens is 3. The van der Waals surface area contributed by atoms with Crippen LogP contribution in [0.25, 0.3) is 0 Å². The second kappa shape index (κ2) is 5.95. The lowest BCUT2D eigenvalue weighted by molar-refractivity contribution is -0.140. The van der Waals surface area contributed by atoms with Crippen LogP contribution in [-0.4, -0.2) is 10.1 Å². The maximum Gasteiger partial charge on any atom is 0.416 e. The summed E-state index contributed by atoms with van der Waals surface area (Å²) in [5.41, 5.74) is -1.29. The third-order valence-corrected chi connectivity index (χ3v) is 4.45. The minimum absolute atomic E-state index is 0.0763. The number of rotatable bonds is 4. The van der Waals surface area contributed by atoms with E-state index in [0.717, 1.165) is 44.4 Å². The van der Waals surface area contributed by atoms with Crippen LogP contribution in [0.15, 0.2) is 18.5 Å². The van der Waals surface area contributed by atoms with Gasteiger partial charge in [0.1, 0.15) is 0 Å². The number of hydrogen-bond acceptors (Lipinski definition) is 2. The highest BCUT2D eigenvalue weighted by Crippen LogP contribution is 2.53. The van der Waals surface area contributed by atoms with Gasteiger partial charge in [-0.25, -0.2) is 0 Å². The highest BCUT2D eigenvalue weighted by atomic mass is 19.4. The van der Waals surface area contributed by atoms with Gasteiger partial charge in [0.2, 0.25) is 0 Å². The Balaban J connectivity index is 2.40. The molecule has 1 heterocycles. The van der Waals surface area contributed by atoms with Crippen LogP contribution in [0.2, 0.25) is 0 Å². The topological polar surface area (TPSA) is 33.1 Å². The Morgan fingerprint density at radius 1 is 1.29 bits per heavy atom. The Kier molecular flexibility index (Phi) is 4.61. The van der Waals surface area contributed by atoms with Crippen molar-refractivity contribution < 1.29 is 18.3 Å². The standard InChI is InChI=1S/C16H22F3NO/c1-11(2)9-15(6-3-4-7-15)14(21)12-10-20-8-5-13(12)16(17,18)19/h5,8,10-11,14,21H,3-4,6-7,9H2,1-2H3. The number of nitrogens with zero attached hydrogens (tertiary/aromatic N) is 1. The largest absolute Gasteiger partial charge is 0.416 e. The van der Waals surface area contributed by atoms with E-state index < -0.39 is 23.3 Å². The third-order valence-electron chi connectivity index (χ3n) is 4.45. The van der Waals surface area contributed by atoms with Crippen LogP contribution in [-0.2, 0) is 6.18 Å². The van der Waals surface area contributed by atoms with E-state index in [1.165, 1.54) is 6.20 Å². The summed E-state index contributed by atoms with van der Waals surface area (Å²) < 4.78 is 39.4.